The fourth-order valence-electron chi connectivity index (χ4n) is 1.22. The Morgan fingerprint density at radius 3 is 2.50 bits per heavy atom. The largest absolute Gasteiger partial charge is 0.508 e. The highest BCUT2D eigenvalue weighted by Crippen LogP contribution is 2.47. The average molecular weight is 198 g/mol. The molecule has 0 bridgehead atoms. The van der Waals surface area contributed by atoms with Crippen LogP contribution in [0.25, 0.3) is 0 Å². The van der Waals surface area contributed by atoms with Gasteiger partial charge in [0.15, 0.2) is 0 Å². The number of hydrogen-bond donors (Lipinski definition) is 1. The lowest BCUT2D eigenvalue weighted by Gasteiger charge is -2.09. The topological polar surface area (TPSA) is 20.2 Å². The molecule has 64 valence electrons. The maximum Gasteiger partial charge on any atom is 0.120 e. The number of rotatable bonds is 1. The first kappa shape index (κ1) is 8.32. The van der Waals surface area contributed by atoms with Gasteiger partial charge >= 0.3 is 0 Å². The molecule has 0 saturated carbocycles. The normalized spacial score (nSPS) is 18.3. The minimum atomic E-state index is 0.435. The molecule has 0 aromatic heterocycles. The summed E-state index contributed by atoms with van der Waals surface area (Å²) in [6, 6.07) is 7.61. The van der Waals surface area contributed by atoms with Crippen LogP contribution in [0.15, 0.2) is 24.3 Å². The molecular formula is C9H10OS2. The van der Waals surface area contributed by atoms with Crippen LogP contribution in [0.2, 0.25) is 0 Å². The molecule has 0 radical (unpaired) electrons. The molecule has 1 fully saturated rings. The van der Waals surface area contributed by atoms with Gasteiger partial charge in [-0.3, -0.25) is 0 Å². The van der Waals surface area contributed by atoms with E-state index in [2.05, 4.69) is 0 Å². The van der Waals surface area contributed by atoms with Gasteiger partial charge in [-0.2, -0.15) is 0 Å². The molecule has 1 heterocycles. The van der Waals surface area contributed by atoms with E-state index in [1.807, 2.05) is 41.7 Å². The van der Waals surface area contributed by atoms with Gasteiger partial charge in [0, 0.05) is 17.1 Å². The van der Waals surface area contributed by atoms with Crippen molar-refractivity contribution in [2.75, 3.05) is 11.5 Å². The number of benzene rings is 1. The van der Waals surface area contributed by atoms with Crippen molar-refractivity contribution in [3.05, 3.63) is 29.8 Å². The van der Waals surface area contributed by atoms with Gasteiger partial charge in [-0.15, -0.1) is 23.5 Å². The predicted octanol–water partition coefficient (Wildman–Crippen LogP) is 2.87. The van der Waals surface area contributed by atoms with Crippen molar-refractivity contribution < 1.29 is 5.11 Å². The van der Waals surface area contributed by atoms with E-state index in [-0.39, 0.29) is 0 Å². The Bertz CT molecular complexity index is 269. The van der Waals surface area contributed by atoms with Crippen LogP contribution in [-0.2, 0) is 0 Å². The molecule has 1 aliphatic rings. The zero-order valence-corrected chi connectivity index (χ0v) is 8.20. The van der Waals surface area contributed by atoms with Crippen molar-refractivity contribution in [1.29, 1.82) is 0 Å². The molecule has 1 aliphatic heterocycles. The molecule has 2 rings (SSSR count). The molecule has 0 aliphatic carbocycles. The van der Waals surface area contributed by atoms with Gasteiger partial charge in [-0.1, -0.05) is 18.2 Å². The molecule has 12 heavy (non-hydrogen) atoms. The van der Waals surface area contributed by atoms with Crippen LogP contribution in [0.4, 0.5) is 0 Å². The Morgan fingerprint density at radius 1 is 1.17 bits per heavy atom. The molecule has 1 aromatic carbocycles. The van der Waals surface area contributed by atoms with Crippen LogP contribution in [0.1, 0.15) is 10.1 Å². The van der Waals surface area contributed by atoms with Crippen LogP contribution in [0.5, 0.6) is 5.75 Å². The van der Waals surface area contributed by atoms with E-state index in [1.54, 1.807) is 6.07 Å². The highest BCUT2D eigenvalue weighted by atomic mass is 32.2. The molecule has 1 aromatic rings. The third-order valence-corrected chi connectivity index (χ3v) is 4.88. The molecule has 3 heteroatoms. The quantitative estimate of drug-likeness (QED) is 0.749. The van der Waals surface area contributed by atoms with Crippen LogP contribution < -0.4 is 0 Å². The predicted molar refractivity (Wildman–Crippen MR) is 55.8 cm³/mol. The van der Waals surface area contributed by atoms with Crippen LogP contribution in [-0.4, -0.2) is 16.6 Å². The number of phenolic OH excluding ortho intramolecular Hbond substituents is 1. The zero-order chi connectivity index (χ0) is 8.39. The van der Waals surface area contributed by atoms with Crippen LogP contribution >= 0.6 is 23.5 Å². The summed E-state index contributed by atoms with van der Waals surface area (Å²) in [6.07, 6.45) is 0. The number of aromatic hydroxyl groups is 1. The van der Waals surface area contributed by atoms with E-state index in [0.717, 1.165) is 5.56 Å². The number of phenols is 1. The second-order valence-corrected chi connectivity index (χ2v) is 5.36. The Balaban J connectivity index is 2.26. The van der Waals surface area contributed by atoms with E-state index in [4.69, 9.17) is 0 Å². The van der Waals surface area contributed by atoms with Gasteiger partial charge < -0.3 is 5.11 Å². The monoisotopic (exact) mass is 198 g/mol. The molecule has 1 N–H and O–H groups in total. The first-order valence-corrected chi connectivity index (χ1v) is 5.99. The second kappa shape index (κ2) is 3.62. The van der Waals surface area contributed by atoms with Crippen molar-refractivity contribution in [2.45, 2.75) is 4.58 Å². The Labute approximate surface area is 80.6 Å². The van der Waals surface area contributed by atoms with Crippen molar-refractivity contribution in [3.8, 4) is 5.75 Å². The highest BCUT2D eigenvalue weighted by Gasteiger charge is 2.20. The zero-order valence-electron chi connectivity index (χ0n) is 6.56. The highest BCUT2D eigenvalue weighted by molar-refractivity contribution is 8.19. The van der Waals surface area contributed by atoms with Gasteiger partial charge in [0.1, 0.15) is 5.75 Å². The number of thioether (sulfide) groups is 2. The maximum atomic E-state index is 9.54. The SMILES string of the molecule is Oc1ccccc1C1SCCS1. The Morgan fingerprint density at radius 2 is 1.83 bits per heavy atom. The van der Waals surface area contributed by atoms with Crippen molar-refractivity contribution in [2.24, 2.45) is 0 Å². The van der Waals surface area contributed by atoms with Crippen LogP contribution in [0.3, 0.4) is 0 Å². The summed E-state index contributed by atoms with van der Waals surface area (Å²) in [5.74, 6) is 2.83. The van der Waals surface area contributed by atoms with Crippen molar-refractivity contribution >= 4 is 23.5 Å². The maximum absolute atomic E-state index is 9.54. The Hall–Kier alpha value is -0.280. The third kappa shape index (κ3) is 1.57. The van der Waals surface area contributed by atoms with E-state index in [1.165, 1.54) is 11.5 Å². The molecule has 0 spiro atoms. The van der Waals surface area contributed by atoms with E-state index < -0.39 is 0 Å². The third-order valence-electron chi connectivity index (χ3n) is 1.81. The number of para-hydroxylation sites is 1. The summed E-state index contributed by atoms with van der Waals surface area (Å²) in [7, 11) is 0. The number of hydrogen-bond acceptors (Lipinski definition) is 3. The molecule has 1 saturated heterocycles. The van der Waals surface area contributed by atoms with Gasteiger partial charge in [-0.05, 0) is 6.07 Å². The van der Waals surface area contributed by atoms with E-state index in [0.29, 0.717) is 10.3 Å². The summed E-state index contributed by atoms with van der Waals surface area (Å²) in [5.41, 5.74) is 1.07. The molecule has 0 atom stereocenters. The summed E-state index contributed by atoms with van der Waals surface area (Å²) in [4.78, 5) is 0. The van der Waals surface area contributed by atoms with E-state index >= 15 is 0 Å². The standard InChI is InChI=1S/C9H10OS2/c10-8-4-2-1-3-7(8)9-11-5-6-12-9/h1-4,9-10H,5-6H2. The van der Waals surface area contributed by atoms with Gasteiger partial charge in [0.05, 0.1) is 4.58 Å². The summed E-state index contributed by atoms with van der Waals surface area (Å²) >= 11 is 3.83. The summed E-state index contributed by atoms with van der Waals surface area (Å²) < 4.78 is 0.450. The molecule has 1 nitrogen and oxygen atoms in total. The molecule has 0 amide bonds. The van der Waals surface area contributed by atoms with Gasteiger partial charge in [0.2, 0.25) is 0 Å². The molecule has 0 unspecified atom stereocenters. The average Bonchev–Trinajstić information content (AvgIpc) is 2.57. The lowest BCUT2D eigenvalue weighted by Crippen LogP contribution is -1.84. The summed E-state index contributed by atoms with van der Waals surface area (Å²) in [5, 5.41) is 9.54. The smallest absolute Gasteiger partial charge is 0.120 e. The van der Waals surface area contributed by atoms with E-state index in [9.17, 15) is 5.11 Å². The second-order valence-electron chi connectivity index (χ2n) is 2.63. The first-order chi connectivity index (χ1) is 5.88. The van der Waals surface area contributed by atoms with Gasteiger partial charge in [0.25, 0.3) is 0 Å². The lowest BCUT2D eigenvalue weighted by atomic mass is 10.2. The minimum absolute atomic E-state index is 0.435. The Kier molecular flexibility index (Phi) is 2.51. The van der Waals surface area contributed by atoms with Gasteiger partial charge in [-0.25, -0.2) is 0 Å². The van der Waals surface area contributed by atoms with Crippen molar-refractivity contribution in [3.63, 3.8) is 0 Å². The summed E-state index contributed by atoms with van der Waals surface area (Å²) in [6.45, 7) is 0. The van der Waals surface area contributed by atoms with Crippen LogP contribution in [0, 0.1) is 0 Å². The fraction of sp³-hybridized carbons (Fsp3) is 0.333. The lowest BCUT2D eigenvalue weighted by molar-refractivity contribution is 0.470. The fourth-order valence-corrected chi connectivity index (χ4v) is 4.14. The van der Waals surface area contributed by atoms with Crippen molar-refractivity contribution in [1.82, 2.24) is 0 Å². The molecular weight excluding hydrogens is 188 g/mol. The first-order valence-electron chi connectivity index (χ1n) is 3.89. The minimum Gasteiger partial charge on any atom is -0.508 e.